The number of aliphatic hydroxyl groups excluding tert-OH is 1. The molecular formula is C16H25NO2. The Morgan fingerprint density at radius 3 is 2.89 bits per heavy atom. The number of hydrogen-bond donors (Lipinski definition) is 2. The van der Waals surface area contributed by atoms with Crippen LogP contribution < -0.4 is 10.1 Å². The molecule has 0 radical (unpaired) electrons. The molecule has 0 aliphatic heterocycles. The summed E-state index contributed by atoms with van der Waals surface area (Å²) in [5.74, 6) is 1.53. The van der Waals surface area contributed by atoms with E-state index in [1.54, 1.807) is 7.11 Å². The number of ether oxygens (including phenoxy) is 1. The Labute approximate surface area is 116 Å². The number of para-hydroxylation sites is 1. The van der Waals surface area contributed by atoms with E-state index in [9.17, 15) is 5.11 Å². The van der Waals surface area contributed by atoms with E-state index >= 15 is 0 Å². The van der Waals surface area contributed by atoms with Crippen LogP contribution >= 0.6 is 0 Å². The van der Waals surface area contributed by atoms with E-state index in [4.69, 9.17) is 4.74 Å². The summed E-state index contributed by atoms with van der Waals surface area (Å²) in [6.45, 7) is 3.13. The maximum absolute atomic E-state index is 9.70. The highest BCUT2D eigenvalue weighted by Gasteiger charge is 2.21. The lowest BCUT2D eigenvalue weighted by molar-refractivity contribution is 0.0998. The van der Waals surface area contributed by atoms with Crippen molar-refractivity contribution in [2.75, 3.05) is 13.7 Å². The molecular weight excluding hydrogens is 238 g/mol. The second kappa shape index (κ2) is 6.92. The average Bonchev–Trinajstić information content (AvgIpc) is 2.45. The molecule has 2 rings (SSSR count). The number of methoxy groups -OCH3 is 1. The molecule has 2 N–H and O–H groups in total. The molecule has 19 heavy (non-hydrogen) atoms. The van der Waals surface area contributed by atoms with Crippen LogP contribution in [0.4, 0.5) is 0 Å². The third-order valence-corrected chi connectivity index (χ3v) is 4.07. The monoisotopic (exact) mass is 263 g/mol. The van der Waals surface area contributed by atoms with Crippen molar-refractivity contribution in [2.45, 2.75) is 44.8 Å². The minimum atomic E-state index is -0.0953. The highest BCUT2D eigenvalue weighted by Crippen LogP contribution is 2.27. The molecule has 1 aromatic rings. The summed E-state index contributed by atoms with van der Waals surface area (Å²) >= 11 is 0. The maximum Gasteiger partial charge on any atom is 0.123 e. The standard InChI is InChI=1S/C16H25NO2/c1-12(15-8-3-4-9-16(15)19-2)17-11-13-6-5-7-14(18)10-13/h3-4,8-9,12-14,17-18H,5-7,10-11H2,1-2H3. The van der Waals surface area contributed by atoms with Gasteiger partial charge < -0.3 is 15.2 Å². The van der Waals surface area contributed by atoms with Crippen LogP contribution in [0.2, 0.25) is 0 Å². The number of aliphatic hydroxyl groups is 1. The van der Waals surface area contributed by atoms with Gasteiger partial charge in [-0.3, -0.25) is 0 Å². The molecule has 3 atom stereocenters. The zero-order chi connectivity index (χ0) is 13.7. The Kier molecular flexibility index (Phi) is 5.23. The molecule has 1 aromatic carbocycles. The van der Waals surface area contributed by atoms with E-state index in [0.29, 0.717) is 5.92 Å². The van der Waals surface area contributed by atoms with Gasteiger partial charge in [0.25, 0.3) is 0 Å². The predicted octanol–water partition coefficient (Wildman–Crippen LogP) is 2.90. The molecule has 3 nitrogen and oxygen atoms in total. The second-order valence-corrected chi connectivity index (χ2v) is 5.56. The van der Waals surface area contributed by atoms with E-state index in [2.05, 4.69) is 18.3 Å². The molecule has 0 amide bonds. The first kappa shape index (κ1) is 14.4. The first-order valence-corrected chi connectivity index (χ1v) is 7.25. The van der Waals surface area contributed by atoms with E-state index in [1.165, 1.54) is 12.0 Å². The fourth-order valence-corrected chi connectivity index (χ4v) is 2.93. The molecule has 0 heterocycles. The van der Waals surface area contributed by atoms with Gasteiger partial charge in [-0.2, -0.15) is 0 Å². The Balaban J connectivity index is 1.88. The van der Waals surface area contributed by atoms with Crippen molar-refractivity contribution in [2.24, 2.45) is 5.92 Å². The summed E-state index contributed by atoms with van der Waals surface area (Å²) in [5, 5.41) is 13.3. The van der Waals surface area contributed by atoms with E-state index < -0.39 is 0 Å². The summed E-state index contributed by atoms with van der Waals surface area (Å²) in [6.07, 6.45) is 4.19. The Hall–Kier alpha value is -1.06. The largest absolute Gasteiger partial charge is 0.496 e. The van der Waals surface area contributed by atoms with Gasteiger partial charge in [-0.05, 0) is 44.7 Å². The zero-order valence-electron chi connectivity index (χ0n) is 11.9. The van der Waals surface area contributed by atoms with Gasteiger partial charge in [0, 0.05) is 11.6 Å². The van der Waals surface area contributed by atoms with Crippen molar-refractivity contribution < 1.29 is 9.84 Å². The molecule has 0 saturated heterocycles. The summed E-state index contributed by atoms with van der Waals surface area (Å²) in [6, 6.07) is 8.41. The number of hydrogen-bond acceptors (Lipinski definition) is 3. The minimum Gasteiger partial charge on any atom is -0.496 e. The highest BCUT2D eigenvalue weighted by molar-refractivity contribution is 5.35. The smallest absolute Gasteiger partial charge is 0.123 e. The molecule has 3 heteroatoms. The van der Waals surface area contributed by atoms with Crippen LogP contribution in [0.3, 0.4) is 0 Å². The van der Waals surface area contributed by atoms with Crippen molar-refractivity contribution in [3.63, 3.8) is 0 Å². The van der Waals surface area contributed by atoms with E-state index in [1.807, 2.05) is 18.2 Å². The van der Waals surface area contributed by atoms with Gasteiger partial charge in [-0.15, -0.1) is 0 Å². The fourth-order valence-electron chi connectivity index (χ4n) is 2.93. The van der Waals surface area contributed by atoms with Crippen molar-refractivity contribution in [3.05, 3.63) is 29.8 Å². The Morgan fingerprint density at radius 1 is 1.37 bits per heavy atom. The Bertz CT molecular complexity index is 394. The molecule has 0 bridgehead atoms. The summed E-state index contributed by atoms with van der Waals surface area (Å²) < 4.78 is 5.40. The number of benzene rings is 1. The first-order valence-electron chi connectivity index (χ1n) is 7.25. The molecule has 1 aliphatic carbocycles. The molecule has 1 fully saturated rings. The van der Waals surface area contributed by atoms with Crippen molar-refractivity contribution in [3.8, 4) is 5.75 Å². The van der Waals surface area contributed by atoms with Crippen molar-refractivity contribution in [1.29, 1.82) is 0 Å². The third kappa shape index (κ3) is 3.95. The van der Waals surface area contributed by atoms with Gasteiger partial charge in [-0.1, -0.05) is 24.6 Å². The zero-order valence-corrected chi connectivity index (χ0v) is 11.9. The molecule has 3 unspecified atom stereocenters. The lowest BCUT2D eigenvalue weighted by Crippen LogP contribution is -2.30. The molecule has 0 aromatic heterocycles. The predicted molar refractivity (Wildman–Crippen MR) is 77.4 cm³/mol. The van der Waals surface area contributed by atoms with Crippen LogP contribution in [0.5, 0.6) is 5.75 Å². The van der Waals surface area contributed by atoms with Crippen LogP contribution in [0.1, 0.15) is 44.2 Å². The fraction of sp³-hybridized carbons (Fsp3) is 0.625. The van der Waals surface area contributed by atoms with Crippen LogP contribution in [-0.4, -0.2) is 24.9 Å². The Morgan fingerprint density at radius 2 is 2.16 bits per heavy atom. The molecule has 106 valence electrons. The number of nitrogens with one attached hydrogen (secondary N) is 1. The van der Waals surface area contributed by atoms with Crippen LogP contribution in [0.25, 0.3) is 0 Å². The third-order valence-electron chi connectivity index (χ3n) is 4.07. The molecule has 0 spiro atoms. The normalized spacial score (nSPS) is 25.0. The van der Waals surface area contributed by atoms with Gasteiger partial charge in [0.05, 0.1) is 13.2 Å². The number of rotatable bonds is 5. The average molecular weight is 263 g/mol. The van der Waals surface area contributed by atoms with Crippen LogP contribution in [-0.2, 0) is 0 Å². The topological polar surface area (TPSA) is 41.5 Å². The van der Waals surface area contributed by atoms with Gasteiger partial charge >= 0.3 is 0 Å². The lowest BCUT2D eigenvalue weighted by atomic mass is 9.87. The van der Waals surface area contributed by atoms with Gasteiger partial charge in [0.15, 0.2) is 0 Å². The van der Waals surface area contributed by atoms with E-state index in [-0.39, 0.29) is 12.1 Å². The van der Waals surface area contributed by atoms with Gasteiger partial charge in [0.1, 0.15) is 5.75 Å². The second-order valence-electron chi connectivity index (χ2n) is 5.56. The van der Waals surface area contributed by atoms with Crippen LogP contribution in [0.15, 0.2) is 24.3 Å². The first-order chi connectivity index (χ1) is 9.20. The SMILES string of the molecule is COc1ccccc1C(C)NCC1CCCC(O)C1. The minimum absolute atomic E-state index is 0.0953. The van der Waals surface area contributed by atoms with Gasteiger partial charge in [-0.25, -0.2) is 0 Å². The summed E-state index contributed by atoms with van der Waals surface area (Å²) in [5.41, 5.74) is 1.20. The van der Waals surface area contributed by atoms with Crippen LogP contribution in [0, 0.1) is 5.92 Å². The highest BCUT2D eigenvalue weighted by atomic mass is 16.5. The lowest BCUT2D eigenvalue weighted by Gasteiger charge is -2.27. The maximum atomic E-state index is 9.70. The summed E-state index contributed by atoms with van der Waals surface area (Å²) in [7, 11) is 1.71. The summed E-state index contributed by atoms with van der Waals surface area (Å²) in [4.78, 5) is 0. The van der Waals surface area contributed by atoms with Crippen molar-refractivity contribution >= 4 is 0 Å². The van der Waals surface area contributed by atoms with Gasteiger partial charge in [0.2, 0.25) is 0 Å². The van der Waals surface area contributed by atoms with E-state index in [0.717, 1.165) is 31.6 Å². The quantitative estimate of drug-likeness (QED) is 0.858. The molecule has 1 saturated carbocycles. The molecule has 1 aliphatic rings. The van der Waals surface area contributed by atoms with Crippen molar-refractivity contribution in [1.82, 2.24) is 5.32 Å².